The molecule has 0 radical (unpaired) electrons. The van der Waals surface area contributed by atoms with Gasteiger partial charge < -0.3 is 5.11 Å². The van der Waals surface area contributed by atoms with Crippen LogP contribution in [-0.4, -0.2) is 5.11 Å². The van der Waals surface area contributed by atoms with Gasteiger partial charge in [-0.25, -0.2) is 0 Å². The van der Waals surface area contributed by atoms with E-state index < -0.39 is 5.60 Å². The number of benzene rings is 1. The van der Waals surface area contributed by atoms with Gasteiger partial charge in [-0.3, -0.25) is 0 Å². The fraction of sp³-hybridized carbons (Fsp3) is 0.600. The molecule has 1 N–H and O–H groups in total. The zero-order valence-electron chi connectivity index (χ0n) is 14.3. The average Bonchev–Trinajstić information content (AvgIpc) is 2.47. The van der Waals surface area contributed by atoms with E-state index in [0.717, 1.165) is 55.2 Å². The second-order valence-corrected chi connectivity index (χ2v) is 5.89. The first-order valence-corrected chi connectivity index (χ1v) is 8.32. The van der Waals surface area contributed by atoms with Crippen LogP contribution in [0.25, 0.3) is 0 Å². The van der Waals surface area contributed by atoms with Crippen molar-refractivity contribution in [3.8, 4) is 11.8 Å². The zero-order valence-corrected chi connectivity index (χ0v) is 14.3. The molecular weight excluding hydrogens is 256 g/mol. The largest absolute Gasteiger partial charge is 0.385 e. The molecule has 0 aromatic heterocycles. The first kappa shape index (κ1) is 17.8. The molecule has 116 valence electrons. The molecule has 0 aliphatic heterocycles. The van der Waals surface area contributed by atoms with Gasteiger partial charge in [0.2, 0.25) is 0 Å². The zero-order chi connectivity index (χ0) is 15.9. The topological polar surface area (TPSA) is 20.2 Å². The van der Waals surface area contributed by atoms with Crippen molar-refractivity contribution in [1.29, 1.82) is 0 Å². The minimum Gasteiger partial charge on any atom is -0.385 e. The van der Waals surface area contributed by atoms with Gasteiger partial charge in [0.1, 0.15) is 0 Å². The van der Waals surface area contributed by atoms with Crippen molar-refractivity contribution in [2.75, 3.05) is 0 Å². The fourth-order valence-corrected chi connectivity index (χ4v) is 3.14. The number of unbranched alkanes of at least 4 members (excludes halogenated alkanes) is 1. The first-order chi connectivity index (χ1) is 10.0. The maximum atomic E-state index is 11.2. The number of aliphatic hydroxyl groups is 1. The van der Waals surface area contributed by atoms with Gasteiger partial charge in [-0.2, -0.15) is 0 Å². The van der Waals surface area contributed by atoms with Crippen LogP contribution in [0.5, 0.6) is 0 Å². The molecule has 1 atom stereocenters. The van der Waals surface area contributed by atoms with Crippen LogP contribution in [0.2, 0.25) is 0 Å². The highest BCUT2D eigenvalue weighted by Gasteiger charge is 2.30. The standard InChI is InChI=1S/C20H30O/c1-6-10-15-20(21,14-8-3)19-13-12-17(9-4)18(11-7-2)16(19)5/h12-13,21H,6,8-10,14-15H2,1-5H3. The van der Waals surface area contributed by atoms with Crippen LogP contribution in [0.4, 0.5) is 0 Å². The highest BCUT2D eigenvalue weighted by molar-refractivity contribution is 5.51. The monoisotopic (exact) mass is 286 g/mol. The van der Waals surface area contributed by atoms with Gasteiger partial charge in [-0.05, 0) is 49.8 Å². The van der Waals surface area contributed by atoms with E-state index in [9.17, 15) is 5.11 Å². The highest BCUT2D eigenvalue weighted by Crippen LogP contribution is 2.36. The van der Waals surface area contributed by atoms with Gasteiger partial charge >= 0.3 is 0 Å². The van der Waals surface area contributed by atoms with Crippen LogP contribution in [0.1, 0.15) is 82.1 Å². The summed E-state index contributed by atoms with van der Waals surface area (Å²) in [6, 6.07) is 4.27. The number of aryl methyl sites for hydroxylation is 1. The maximum Gasteiger partial charge on any atom is 0.0899 e. The molecule has 1 aromatic carbocycles. The first-order valence-electron chi connectivity index (χ1n) is 8.32. The molecule has 1 heteroatoms. The van der Waals surface area contributed by atoms with Crippen molar-refractivity contribution >= 4 is 0 Å². The van der Waals surface area contributed by atoms with E-state index in [1.165, 1.54) is 5.56 Å². The predicted molar refractivity (Wildman–Crippen MR) is 91.4 cm³/mol. The summed E-state index contributed by atoms with van der Waals surface area (Å²) in [4.78, 5) is 0. The molecule has 0 saturated heterocycles. The normalized spacial score (nSPS) is 13.4. The lowest BCUT2D eigenvalue weighted by atomic mass is 9.80. The summed E-state index contributed by atoms with van der Waals surface area (Å²) >= 11 is 0. The third kappa shape index (κ3) is 4.11. The molecule has 1 nitrogen and oxygen atoms in total. The van der Waals surface area contributed by atoms with E-state index in [2.05, 4.69) is 51.7 Å². The van der Waals surface area contributed by atoms with Crippen molar-refractivity contribution in [3.05, 3.63) is 34.4 Å². The highest BCUT2D eigenvalue weighted by atomic mass is 16.3. The molecule has 1 unspecified atom stereocenters. The molecule has 0 spiro atoms. The SMILES string of the molecule is CC#Cc1c(CC)ccc(C(O)(CCC)CCCC)c1C. The Labute approximate surface area is 130 Å². The van der Waals surface area contributed by atoms with Crippen LogP contribution in [0.15, 0.2) is 12.1 Å². The second-order valence-electron chi connectivity index (χ2n) is 5.89. The van der Waals surface area contributed by atoms with Crippen molar-refractivity contribution < 1.29 is 5.11 Å². The van der Waals surface area contributed by atoms with E-state index in [1.807, 2.05) is 6.92 Å². The lowest BCUT2D eigenvalue weighted by molar-refractivity contribution is 0.0149. The molecule has 0 aliphatic carbocycles. The van der Waals surface area contributed by atoms with Gasteiger partial charge in [0, 0.05) is 5.56 Å². The Balaban J connectivity index is 3.37. The minimum atomic E-state index is -0.703. The second kappa shape index (κ2) is 8.25. The van der Waals surface area contributed by atoms with E-state index in [1.54, 1.807) is 0 Å². The lowest BCUT2D eigenvalue weighted by Crippen LogP contribution is -2.27. The van der Waals surface area contributed by atoms with Gasteiger partial charge in [0.25, 0.3) is 0 Å². The fourth-order valence-electron chi connectivity index (χ4n) is 3.14. The Morgan fingerprint density at radius 1 is 1.10 bits per heavy atom. The smallest absolute Gasteiger partial charge is 0.0899 e. The van der Waals surface area contributed by atoms with E-state index >= 15 is 0 Å². The molecule has 21 heavy (non-hydrogen) atoms. The number of hydrogen-bond donors (Lipinski definition) is 1. The average molecular weight is 286 g/mol. The summed E-state index contributed by atoms with van der Waals surface area (Å²) in [7, 11) is 0. The maximum absolute atomic E-state index is 11.2. The molecule has 0 bridgehead atoms. The minimum absolute atomic E-state index is 0.703. The van der Waals surface area contributed by atoms with Crippen LogP contribution >= 0.6 is 0 Å². The Morgan fingerprint density at radius 2 is 1.81 bits per heavy atom. The van der Waals surface area contributed by atoms with Crippen molar-refractivity contribution in [3.63, 3.8) is 0 Å². The summed E-state index contributed by atoms with van der Waals surface area (Å²) in [5, 5.41) is 11.2. The third-order valence-electron chi connectivity index (χ3n) is 4.29. The quantitative estimate of drug-likeness (QED) is 0.691. The van der Waals surface area contributed by atoms with Gasteiger partial charge in [-0.15, -0.1) is 5.92 Å². The van der Waals surface area contributed by atoms with Crippen LogP contribution in [-0.2, 0) is 12.0 Å². The molecule has 1 aromatic rings. The van der Waals surface area contributed by atoms with Crippen LogP contribution in [0, 0.1) is 18.8 Å². The Kier molecular flexibility index (Phi) is 6.99. The van der Waals surface area contributed by atoms with E-state index in [0.29, 0.717) is 0 Å². The van der Waals surface area contributed by atoms with E-state index in [4.69, 9.17) is 0 Å². The molecule has 0 fully saturated rings. The third-order valence-corrected chi connectivity index (χ3v) is 4.29. The van der Waals surface area contributed by atoms with Crippen LogP contribution in [0.3, 0.4) is 0 Å². The summed E-state index contributed by atoms with van der Waals surface area (Å²) < 4.78 is 0. The summed E-state index contributed by atoms with van der Waals surface area (Å²) in [6.07, 6.45) is 5.79. The molecular formula is C20H30O. The molecule has 0 saturated carbocycles. The Morgan fingerprint density at radius 3 is 2.33 bits per heavy atom. The molecule has 0 heterocycles. The van der Waals surface area contributed by atoms with Gasteiger partial charge in [-0.1, -0.05) is 58.1 Å². The number of rotatable bonds is 7. The lowest BCUT2D eigenvalue weighted by Gasteiger charge is -2.31. The van der Waals surface area contributed by atoms with Crippen molar-refractivity contribution in [2.45, 2.75) is 78.7 Å². The van der Waals surface area contributed by atoms with Crippen molar-refractivity contribution in [2.24, 2.45) is 0 Å². The Bertz CT molecular complexity index is 519. The van der Waals surface area contributed by atoms with Crippen LogP contribution < -0.4 is 0 Å². The summed E-state index contributed by atoms with van der Waals surface area (Å²) in [5.74, 6) is 6.27. The summed E-state index contributed by atoms with van der Waals surface area (Å²) in [6.45, 7) is 10.5. The van der Waals surface area contributed by atoms with E-state index in [-0.39, 0.29) is 0 Å². The van der Waals surface area contributed by atoms with Crippen molar-refractivity contribution in [1.82, 2.24) is 0 Å². The molecule has 0 amide bonds. The number of hydrogen-bond acceptors (Lipinski definition) is 1. The van der Waals surface area contributed by atoms with Gasteiger partial charge in [0.05, 0.1) is 5.60 Å². The summed E-state index contributed by atoms with van der Waals surface area (Å²) in [5.41, 5.74) is 3.93. The van der Waals surface area contributed by atoms with Gasteiger partial charge in [0.15, 0.2) is 0 Å². The Hall–Kier alpha value is -1.26. The molecule has 0 aliphatic rings. The molecule has 1 rings (SSSR count). The predicted octanol–water partition coefficient (Wildman–Crippen LogP) is 5.11.